The molecule has 2 aromatic heterocycles. The number of carbonyl (C=O) groups excluding carboxylic acids is 2. The van der Waals surface area contributed by atoms with Gasteiger partial charge in [0.15, 0.2) is 5.65 Å². The minimum atomic E-state index is -0.343. The fourth-order valence-electron chi connectivity index (χ4n) is 3.69. The van der Waals surface area contributed by atoms with Gasteiger partial charge in [-0.05, 0) is 18.4 Å². The molecule has 3 rings (SSSR count). The average molecular weight is 379 g/mol. The van der Waals surface area contributed by atoms with Crippen molar-refractivity contribution >= 4 is 28.7 Å². The number of hydrogen-bond donors (Lipinski definition) is 0. The van der Waals surface area contributed by atoms with Gasteiger partial charge in [-0.3, -0.25) is 14.2 Å². The molecule has 1 amide bonds. The highest BCUT2D eigenvalue weighted by Crippen LogP contribution is 2.29. The minimum absolute atomic E-state index is 0.0210. The molecule has 0 aromatic carbocycles. The summed E-state index contributed by atoms with van der Waals surface area (Å²) < 4.78 is 1.37. The number of amides is 1. The number of nitrogens with zero attached hydrogens (tertiary/aromatic N) is 7. The lowest BCUT2D eigenvalue weighted by molar-refractivity contribution is -0.131. The predicted molar refractivity (Wildman–Crippen MR) is 101 cm³/mol. The number of carbonyl (C=O) groups is 2. The molecule has 0 bridgehead atoms. The number of likely N-dealkylation sites (tertiary alicyclic amines) is 1. The van der Waals surface area contributed by atoms with Gasteiger partial charge >= 0.3 is 0 Å². The molecule has 28 heavy (non-hydrogen) atoms. The second-order valence-corrected chi connectivity index (χ2v) is 6.97. The molecule has 0 radical (unpaired) electrons. The summed E-state index contributed by atoms with van der Waals surface area (Å²) in [4.78, 5) is 36.6. The van der Waals surface area contributed by atoms with Crippen LogP contribution in [0.2, 0.25) is 0 Å². The van der Waals surface area contributed by atoms with Crippen LogP contribution in [0.1, 0.15) is 31.0 Å². The van der Waals surface area contributed by atoms with Crippen LogP contribution in [0.15, 0.2) is 18.6 Å². The Kier molecular flexibility index (Phi) is 5.55. The summed E-state index contributed by atoms with van der Waals surface area (Å²) in [5, 5.41) is 18.3. The summed E-state index contributed by atoms with van der Waals surface area (Å²) in [6.45, 7) is 3.29. The fraction of sp³-hybridized carbons (Fsp3) is 0.474. The Labute approximate surface area is 162 Å². The predicted octanol–water partition coefficient (Wildman–Crippen LogP) is 1.57. The molecule has 0 N–H and O–H groups in total. The van der Waals surface area contributed by atoms with Gasteiger partial charge in [0.2, 0.25) is 11.8 Å². The first-order valence-electron chi connectivity index (χ1n) is 9.07. The third-order valence-electron chi connectivity index (χ3n) is 5.29. The van der Waals surface area contributed by atoms with Crippen LogP contribution >= 0.6 is 0 Å². The molecule has 3 heterocycles. The number of hydrogen-bond acceptors (Lipinski definition) is 7. The van der Waals surface area contributed by atoms with Gasteiger partial charge in [-0.1, -0.05) is 6.92 Å². The first kappa shape index (κ1) is 19.3. The Bertz CT molecular complexity index is 984. The number of fused-ring (bicyclic) bond motifs is 1. The molecule has 2 aromatic rings. The Morgan fingerprint density at radius 3 is 2.68 bits per heavy atom. The smallest absolute Gasteiger partial charge is 0.246 e. The summed E-state index contributed by atoms with van der Waals surface area (Å²) in [6.07, 6.45) is 3.49. The summed E-state index contributed by atoms with van der Waals surface area (Å²) in [5.41, 5.74) is 0.456. The molecule has 0 spiro atoms. The van der Waals surface area contributed by atoms with Gasteiger partial charge < -0.3 is 9.80 Å². The molecule has 9 heteroatoms. The van der Waals surface area contributed by atoms with E-state index in [0.29, 0.717) is 35.9 Å². The average Bonchev–Trinajstić information content (AvgIpc) is 3.12. The highest BCUT2D eigenvalue weighted by atomic mass is 16.2. The first-order chi connectivity index (χ1) is 13.5. The third kappa shape index (κ3) is 3.52. The van der Waals surface area contributed by atoms with E-state index in [2.05, 4.69) is 16.9 Å². The zero-order valence-corrected chi connectivity index (χ0v) is 15.9. The second-order valence-electron chi connectivity index (χ2n) is 6.97. The van der Waals surface area contributed by atoms with E-state index in [4.69, 9.17) is 10.5 Å². The van der Waals surface area contributed by atoms with Crippen LogP contribution < -0.4 is 4.90 Å². The zero-order chi connectivity index (χ0) is 20.3. The quantitative estimate of drug-likeness (QED) is 0.791. The summed E-state index contributed by atoms with van der Waals surface area (Å²) in [5.74, 6) is 0.487. The topological polar surface area (TPSA) is 119 Å². The maximum absolute atomic E-state index is 12.2. The molecule has 0 saturated carbocycles. The van der Waals surface area contributed by atoms with Crippen LogP contribution in [0.4, 0.5) is 5.82 Å². The highest BCUT2D eigenvalue weighted by Gasteiger charge is 2.32. The fourth-order valence-corrected chi connectivity index (χ4v) is 3.69. The monoisotopic (exact) mass is 379 g/mol. The molecule has 9 nitrogen and oxygen atoms in total. The minimum Gasteiger partial charge on any atom is -0.354 e. The molecule has 1 fully saturated rings. The van der Waals surface area contributed by atoms with Gasteiger partial charge in [0.05, 0.1) is 23.6 Å². The standard InChI is InChI=1S/C19H21N7O2/c1-13-5-9-25(16(27)3-7-20)11-15(13)24(2)18-14-6-10-26(17(28)4-8-21)19(14)23-12-22-18/h6,10,12-13,15H,3-5,9,11H2,1-2H3/t13-,15+/m1/s1. The molecule has 1 saturated heterocycles. The normalized spacial score (nSPS) is 19.1. The van der Waals surface area contributed by atoms with Crippen molar-refractivity contribution in [2.24, 2.45) is 5.92 Å². The van der Waals surface area contributed by atoms with Crippen molar-refractivity contribution in [2.45, 2.75) is 32.2 Å². The summed E-state index contributed by atoms with van der Waals surface area (Å²) in [7, 11) is 1.91. The Balaban J connectivity index is 1.91. The van der Waals surface area contributed by atoms with Gasteiger partial charge in [0.25, 0.3) is 0 Å². The highest BCUT2D eigenvalue weighted by molar-refractivity contribution is 5.96. The van der Waals surface area contributed by atoms with Gasteiger partial charge in [-0.2, -0.15) is 10.5 Å². The number of aromatic nitrogens is 3. The molecular formula is C19H21N7O2. The van der Waals surface area contributed by atoms with E-state index < -0.39 is 0 Å². The van der Waals surface area contributed by atoms with Crippen molar-refractivity contribution in [2.75, 3.05) is 25.0 Å². The molecule has 0 aliphatic carbocycles. The first-order valence-corrected chi connectivity index (χ1v) is 9.07. The summed E-state index contributed by atoms with van der Waals surface area (Å²) in [6, 6.07) is 5.56. The molecule has 1 aliphatic heterocycles. The molecule has 0 unspecified atom stereocenters. The summed E-state index contributed by atoms with van der Waals surface area (Å²) >= 11 is 0. The van der Waals surface area contributed by atoms with Gasteiger partial charge in [-0.25, -0.2) is 9.97 Å². The number of likely N-dealkylation sites (N-methyl/N-ethyl adjacent to an activating group) is 1. The zero-order valence-electron chi connectivity index (χ0n) is 15.9. The molecule has 144 valence electrons. The number of anilines is 1. The van der Waals surface area contributed by atoms with Crippen molar-refractivity contribution in [1.29, 1.82) is 10.5 Å². The van der Waals surface area contributed by atoms with Crippen molar-refractivity contribution in [3.05, 3.63) is 18.6 Å². The maximum Gasteiger partial charge on any atom is 0.246 e. The van der Waals surface area contributed by atoms with Gasteiger partial charge in [0, 0.05) is 26.3 Å². The van der Waals surface area contributed by atoms with Crippen LogP contribution in [-0.4, -0.2) is 57.4 Å². The Morgan fingerprint density at radius 1 is 1.25 bits per heavy atom. The largest absolute Gasteiger partial charge is 0.354 e. The number of rotatable bonds is 4. The van der Waals surface area contributed by atoms with Gasteiger partial charge in [-0.15, -0.1) is 0 Å². The van der Waals surface area contributed by atoms with E-state index in [1.807, 2.05) is 24.1 Å². The number of piperidine rings is 1. The molecule has 2 atom stereocenters. The molecule has 1 aliphatic rings. The van der Waals surface area contributed by atoms with E-state index in [1.165, 1.54) is 10.9 Å². The van der Waals surface area contributed by atoms with Crippen molar-refractivity contribution in [3.8, 4) is 12.1 Å². The second kappa shape index (κ2) is 8.05. The third-order valence-corrected chi connectivity index (χ3v) is 5.29. The Morgan fingerprint density at radius 2 is 1.96 bits per heavy atom. The van der Waals surface area contributed by atoms with Crippen LogP contribution in [0.3, 0.4) is 0 Å². The maximum atomic E-state index is 12.2. The molecular weight excluding hydrogens is 358 g/mol. The SMILES string of the molecule is C[C@@H]1CCN(C(=O)CC#N)C[C@@H]1N(C)c1ncnc2c1ccn2C(=O)CC#N. The van der Waals surface area contributed by atoms with Crippen molar-refractivity contribution < 1.29 is 9.59 Å². The van der Waals surface area contributed by atoms with Crippen LogP contribution in [0.5, 0.6) is 0 Å². The van der Waals surface area contributed by atoms with Crippen molar-refractivity contribution in [1.82, 2.24) is 19.4 Å². The van der Waals surface area contributed by atoms with Crippen LogP contribution in [0, 0.1) is 28.6 Å². The van der Waals surface area contributed by atoms with E-state index in [9.17, 15) is 9.59 Å². The van der Waals surface area contributed by atoms with Crippen LogP contribution in [-0.2, 0) is 4.79 Å². The van der Waals surface area contributed by atoms with E-state index in [-0.39, 0.29) is 30.7 Å². The Hall–Kier alpha value is -3.46. The van der Waals surface area contributed by atoms with E-state index in [1.54, 1.807) is 17.2 Å². The van der Waals surface area contributed by atoms with Gasteiger partial charge in [0.1, 0.15) is 25.0 Å². The number of nitriles is 2. The lowest BCUT2D eigenvalue weighted by atomic mass is 9.92. The van der Waals surface area contributed by atoms with Crippen LogP contribution in [0.25, 0.3) is 11.0 Å². The lowest BCUT2D eigenvalue weighted by Gasteiger charge is -2.42. The van der Waals surface area contributed by atoms with E-state index >= 15 is 0 Å². The van der Waals surface area contributed by atoms with Crippen molar-refractivity contribution in [3.63, 3.8) is 0 Å². The lowest BCUT2D eigenvalue weighted by Crippen LogP contribution is -2.52. The van der Waals surface area contributed by atoms with E-state index in [0.717, 1.165) is 6.42 Å².